The molecular weight excluding hydrogens is 275 g/mol. The third kappa shape index (κ3) is 3.32. The minimum atomic E-state index is -3.84. The van der Waals surface area contributed by atoms with E-state index in [1.807, 2.05) is 4.72 Å². The number of nitrogens with one attached hydrogen (secondary N) is 2. The van der Waals surface area contributed by atoms with Crippen LogP contribution in [0.5, 0.6) is 0 Å². The molecule has 2 aromatic rings. The summed E-state index contributed by atoms with van der Waals surface area (Å²) in [5.41, 5.74) is 0.356. The number of aromatic amines is 1. The molecular formula is C7H9BN6O4S. The van der Waals surface area contributed by atoms with Crippen LogP contribution in [0.1, 0.15) is 0 Å². The number of hydrogen-bond acceptors (Lipinski definition) is 8. The maximum Gasteiger partial charge on any atom is 0.467 e. The van der Waals surface area contributed by atoms with Gasteiger partial charge < -0.3 is 10.0 Å². The molecule has 0 bridgehead atoms. The van der Waals surface area contributed by atoms with Crippen molar-refractivity contribution in [2.45, 2.75) is 4.90 Å². The van der Waals surface area contributed by atoms with Gasteiger partial charge in [0.2, 0.25) is 15.8 Å². The van der Waals surface area contributed by atoms with Crippen molar-refractivity contribution >= 4 is 17.1 Å². The van der Waals surface area contributed by atoms with Crippen molar-refractivity contribution < 1.29 is 18.5 Å². The quantitative estimate of drug-likeness (QED) is 0.441. The van der Waals surface area contributed by atoms with E-state index in [2.05, 4.69) is 25.6 Å². The minimum Gasteiger partial charge on any atom is -0.426 e. The van der Waals surface area contributed by atoms with Gasteiger partial charge in [0.1, 0.15) is 10.6 Å². The standard InChI is InChI=1S/C7H9BN6O4S/c15-8(16)4-10-19(17,18)5-1-2-6(9-3-5)7-11-13-14-12-7/h1-3,10,15-16H,4H2,(H,11,12,13,14). The monoisotopic (exact) mass is 284 g/mol. The highest BCUT2D eigenvalue weighted by Gasteiger charge is 2.18. The molecule has 0 fully saturated rings. The summed E-state index contributed by atoms with van der Waals surface area (Å²) in [4.78, 5) is 3.77. The van der Waals surface area contributed by atoms with E-state index in [1.54, 1.807) is 0 Å². The number of hydrogen-bond donors (Lipinski definition) is 4. The molecule has 2 aromatic heterocycles. The third-order valence-corrected chi connectivity index (χ3v) is 3.49. The van der Waals surface area contributed by atoms with Gasteiger partial charge in [-0.2, -0.15) is 5.21 Å². The Morgan fingerprint density at radius 2 is 2.16 bits per heavy atom. The normalized spacial score (nSPS) is 11.5. The molecule has 0 aliphatic carbocycles. The molecule has 0 aliphatic rings. The number of rotatable bonds is 5. The van der Waals surface area contributed by atoms with Gasteiger partial charge in [0.15, 0.2) is 0 Å². The Bertz CT molecular complexity index is 628. The first-order chi connectivity index (χ1) is 8.99. The van der Waals surface area contributed by atoms with Gasteiger partial charge in [-0.05, 0) is 17.3 Å². The molecule has 0 unspecified atom stereocenters. The number of sulfonamides is 1. The summed E-state index contributed by atoms with van der Waals surface area (Å²) >= 11 is 0. The molecule has 4 N–H and O–H groups in total. The second kappa shape index (κ2) is 5.40. The maximum atomic E-state index is 11.7. The Morgan fingerprint density at radius 1 is 1.37 bits per heavy atom. The Kier molecular flexibility index (Phi) is 3.85. The smallest absolute Gasteiger partial charge is 0.426 e. The van der Waals surface area contributed by atoms with Gasteiger partial charge >= 0.3 is 7.12 Å². The molecule has 19 heavy (non-hydrogen) atoms. The lowest BCUT2D eigenvalue weighted by atomic mass is 9.94. The fourth-order valence-electron chi connectivity index (χ4n) is 1.21. The van der Waals surface area contributed by atoms with Crippen LogP contribution >= 0.6 is 0 Å². The molecule has 12 heteroatoms. The van der Waals surface area contributed by atoms with Crippen molar-refractivity contribution in [3.05, 3.63) is 18.3 Å². The molecule has 0 saturated heterocycles. The molecule has 0 aromatic carbocycles. The van der Waals surface area contributed by atoms with E-state index in [4.69, 9.17) is 10.0 Å². The van der Waals surface area contributed by atoms with Gasteiger partial charge in [-0.3, -0.25) is 4.98 Å². The highest BCUT2D eigenvalue weighted by Crippen LogP contribution is 2.13. The zero-order valence-electron chi connectivity index (χ0n) is 9.42. The highest BCUT2D eigenvalue weighted by molar-refractivity contribution is 7.89. The molecule has 0 amide bonds. The largest absolute Gasteiger partial charge is 0.467 e. The second-order valence-electron chi connectivity index (χ2n) is 3.45. The summed E-state index contributed by atoms with van der Waals surface area (Å²) in [7, 11) is -5.60. The summed E-state index contributed by atoms with van der Waals surface area (Å²) in [6, 6.07) is 2.71. The number of aromatic nitrogens is 5. The summed E-state index contributed by atoms with van der Waals surface area (Å²) in [6.45, 7) is 0. The zero-order valence-corrected chi connectivity index (χ0v) is 10.2. The zero-order chi connectivity index (χ0) is 13.9. The van der Waals surface area contributed by atoms with E-state index >= 15 is 0 Å². The summed E-state index contributed by atoms with van der Waals surface area (Å²) in [6.07, 6.45) is 0.604. The van der Waals surface area contributed by atoms with E-state index in [0.29, 0.717) is 5.69 Å². The molecule has 100 valence electrons. The van der Waals surface area contributed by atoms with E-state index in [-0.39, 0.29) is 10.7 Å². The van der Waals surface area contributed by atoms with Gasteiger partial charge in [0.25, 0.3) is 0 Å². The topological polar surface area (TPSA) is 154 Å². The first-order valence-corrected chi connectivity index (χ1v) is 6.53. The molecule has 0 atom stereocenters. The SMILES string of the molecule is O=S(=O)(NCB(O)O)c1ccc(-c2nn[nH]n2)nc1. The first kappa shape index (κ1) is 13.5. The van der Waals surface area contributed by atoms with Crippen molar-refractivity contribution in [1.82, 2.24) is 30.3 Å². The lowest BCUT2D eigenvalue weighted by Gasteiger charge is -2.05. The van der Waals surface area contributed by atoms with Gasteiger partial charge in [-0.1, -0.05) is 0 Å². The van der Waals surface area contributed by atoms with Crippen LogP contribution in [0.2, 0.25) is 0 Å². The van der Waals surface area contributed by atoms with Crippen LogP contribution in [0.4, 0.5) is 0 Å². The van der Waals surface area contributed by atoms with E-state index in [9.17, 15) is 8.42 Å². The predicted molar refractivity (Wildman–Crippen MR) is 62.8 cm³/mol. The molecule has 0 spiro atoms. The Morgan fingerprint density at radius 3 is 2.68 bits per heavy atom. The van der Waals surface area contributed by atoms with Crippen LogP contribution < -0.4 is 4.72 Å². The van der Waals surface area contributed by atoms with Crippen LogP contribution in [-0.2, 0) is 10.0 Å². The maximum absolute atomic E-state index is 11.7. The number of H-pyrrole nitrogens is 1. The van der Waals surface area contributed by atoms with Crippen LogP contribution in [0, 0.1) is 0 Å². The highest BCUT2D eigenvalue weighted by atomic mass is 32.2. The van der Waals surface area contributed by atoms with E-state index in [1.165, 1.54) is 12.1 Å². The van der Waals surface area contributed by atoms with Crippen molar-refractivity contribution in [3.63, 3.8) is 0 Å². The second-order valence-corrected chi connectivity index (χ2v) is 5.21. The minimum absolute atomic E-state index is 0.111. The molecule has 2 rings (SSSR count). The summed E-state index contributed by atoms with van der Waals surface area (Å²) in [5, 5.41) is 30.2. The third-order valence-electron chi connectivity index (χ3n) is 2.08. The van der Waals surface area contributed by atoms with Crippen molar-refractivity contribution in [2.75, 3.05) is 6.44 Å². The fourth-order valence-corrected chi connectivity index (χ4v) is 2.18. The van der Waals surface area contributed by atoms with Gasteiger partial charge in [0, 0.05) is 12.6 Å². The first-order valence-electron chi connectivity index (χ1n) is 5.05. The molecule has 2 heterocycles. The van der Waals surface area contributed by atoms with Gasteiger partial charge in [-0.25, -0.2) is 13.1 Å². The van der Waals surface area contributed by atoms with Crippen molar-refractivity contribution in [3.8, 4) is 11.5 Å². The average molecular weight is 284 g/mol. The summed E-state index contributed by atoms with van der Waals surface area (Å²) < 4.78 is 25.4. The van der Waals surface area contributed by atoms with E-state index < -0.39 is 23.6 Å². The van der Waals surface area contributed by atoms with Gasteiger partial charge in [-0.15, -0.1) is 10.2 Å². The predicted octanol–water partition coefficient (Wildman–Crippen LogP) is -2.45. The van der Waals surface area contributed by atoms with Crippen LogP contribution in [0.25, 0.3) is 11.5 Å². The Hall–Kier alpha value is -1.89. The van der Waals surface area contributed by atoms with Crippen LogP contribution in [0.15, 0.2) is 23.2 Å². The Balaban J connectivity index is 2.18. The molecule has 0 radical (unpaired) electrons. The van der Waals surface area contributed by atoms with Crippen molar-refractivity contribution in [2.24, 2.45) is 0 Å². The Labute approximate surface area is 108 Å². The molecule has 0 saturated carbocycles. The number of nitrogens with zero attached hydrogens (tertiary/aromatic N) is 4. The summed E-state index contributed by atoms with van der Waals surface area (Å²) in [5.74, 6) is 0.239. The van der Waals surface area contributed by atoms with E-state index in [0.717, 1.165) is 6.20 Å². The van der Waals surface area contributed by atoms with Crippen LogP contribution in [-0.4, -0.2) is 57.6 Å². The lowest BCUT2D eigenvalue weighted by molar-refractivity contribution is 0.404. The average Bonchev–Trinajstić information content (AvgIpc) is 2.91. The van der Waals surface area contributed by atoms with Gasteiger partial charge in [0.05, 0.1) is 0 Å². The molecule has 0 aliphatic heterocycles. The fraction of sp³-hybridized carbons (Fsp3) is 0.143. The molecule has 10 nitrogen and oxygen atoms in total. The number of pyridine rings is 1. The van der Waals surface area contributed by atoms with Crippen LogP contribution in [0.3, 0.4) is 0 Å². The number of tetrazole rings is 1. The van der Waals surface area contributed by atoms with Crippen molar-refractivity contribution in [1.29, 1.82) is 0 Å². The lowest BCUT2D eigenvalue weighted by Crippen LogP contribution is -2.35.